The first kappa shape index (κ1) is 17.2. The van der Waals surface area contributed by atoms with E-state index in [9.17, 15) is 10.1 Å². The van der Waals surface area contributed by atoms with Crippen molar-refractivity contribution < 1.29 is 4.92 Å². The van der Waals surface area contributed by atoms with Crippen LogP contribution in [-0.2, 0) is 0 Å². The van der Waals surface area contributed by atoms with Crippen molar-refractivity contribution in [3.63, 3.8) is 0 Å². The molecule has 26 heavy (non-hydrogen) atoms. The van der Waals surface area contributed by atoms with Crippen molar-refractivity contribution >= 4 is 17.2 Å². The second-order valence-electron chi connectivity index (χ2n) is 5.67. The summed E-state index contributed by atoms with van der Waals surface area (Å²) < 4.78 is 0. The van der Waals surface area contributed by atoms with Crippen LogP contribution in [0.2, 0.25) is 0 Å². The Morgan fingerprint density at radius 3 is 2.58 bits per heavy atom. The summed E-state index contributed by atoms with van der Waals surface area (Å²) in [6, 6.07) is 17.9. The molecule has 130 valence electrons. The molecule has 3 aromatic rings. The van der Waals surface area contributed by atoms with Crippen LogP contribution < -0.4 is 5.43 Å². The minimum absolute atomic E-state index is 0.0290. The Morgan fingerprint density at radius 2 is 1.85 bits per heavy atom. The van der Waals surface area contributed by atoms with E-state index in [1.54, 1.807) is 19.1 Å². The molecule has 0 fully saturated rings. The smallest absolute Gasteiger partial charge is 0.261 e. The molecule has 7 heteroatoms. The fourth-order valence-corrected chi connectivity index (χ4v) is 2.43. The highest BCUT2D eigenvalue weighted by Gasteiger charge is 2.08. The summed E-state index contributed by atoms with van der Waals surface area (Å²) in [5.41, 5.74) is 6.00. The molecule has 0 amide bonds. The molecular formula is C19H17N5O2. The number of aryl methyl sites for hydroxylation is 1. The number of benzene rings is 2. The predicted molar refractivity (Wildman–Crippen MR) is 101 cm³/mol. The van der Waals surface area contributed by atoms with Crippen LogP contribution in [0.5, 0.6) is 0 Å². The van der Waals surface area contributed by atoms with Crippen LogP contribution in [0.1, 0.15) is 18.3 Å². The third kappa shape index (κ3) is 4.07. The molecule has 7 nitrogen and oxygen atoms in total. The Balaban J connectivity index is 1.85. The van der Waals surface area contributed by atoms with Gasteiger partial charge >= 0.3 is 0 Å². The van der Waals surface area contributed by atoms with Gasteiger partial charge < -0.3 is 0 Å². The van der Waals surface area contributed by atoms with Crippen LogP contribution in [0, 0.1) is 17.0 Å². The Morgan fingerprint density at radius 1 is 1.08 bits per heavy atom. The standard InChI is InChI=1S/C19H17N5O2/c1-13(16-9-6-10-17(11-16)24(25)26)22-23-19-12-18(20-14(2)21-19)15-7-4-3-5-8-15/h3-12H,1-2H3,(H,20,21,23)/b22-13+. The molecular weight excluding hydrogens is 330 g/mol. The van der Waals surface area contributed by atoms with Gasteiger partial charge in [-0.05, 0) is 13.8 Å². The molecule has 0 unspecified atom stereocenters. The van der Waals surface area contributed by atoms with E-state index in [2.05, 4.69) is 20.5 Å². The fraction of sp³-hybridized carbons (Fsp3) is 0.105. The molecule has 0 radical (unpaired) electrons. The molecule has 1 aromatic heterocycles. The molecule has 3 rings (SSSR count). The fourth-order valence-electron chi connectivity index (χ4n) is 2.43. The summed E-state index contributed by atoms with van der Waals surface area (Å²) in [4.78, 5) is 19.3. The average Bonchev–Trinajstić information content (AvgIpc) is 2.66. The molecule has 0 saturated heterocycles. The quantitative estimate of drug-likeness (QED) is 0.424. The molecule has 0 spiro atoms. The number of non-ortho nitro benzene ring substituents is 1. The van der Waals surface area contributed by atoms with Crippen LogP contribution in [0.25, 0.3) is 11.3 Å². The van der Waals surface area contributed by atoms with E-state index in [4.69, 9.17) is 0 Å². The molecule has 1 heterocycles. The number of aromatic nitrogens is 2. The zero-order valence-electron chi connectivity index (χ0n) is 14.4. The van der Waals surface area contributed by atoms with Gasteiger partial charge in [0.25, 0.3) is 5.69 Å². The van der Waals surface area contributed by atoms with Crippen LogP contribution in [0.4, 0.5) is 11.5 Å². The summed E-state index contributed by atoms with van der Waals surface area (Å²) in [6.45, 7) is 3.59. The van der Waals surface area contributed by atoms with Crippen molar-refractivity contribution in [3.05, 3.63) is 82.2 Å². The minimum Gasteiger partial charge on any atom is -0.261 e. The third-order valence-corrected chi connectivity index (χ3v) is 3.72. The van der Waals surface area contributed by atoms with Gasteiger partial charge in [-0.15, -0.1) is 0 Å². The average molecular weight is 347 g/mol. The van der Waals surface area contributed by atoms with Gasteiger partial charge in [0.1, 0.15) is 11.6 Å². The number of hydrogen-bond donors (Lipinski definition) is 1. The maximum absolute atomic E-state index is 10.9. The molecule has 1 N–H and O–H groups in total. The lowest BCUT2D eigenvalue weighted by atomic mass is 10.1. The number of nitrogens with zero attached hydrogens (tertiary/aromatic N) is 4. The molecule has 2 aromatic carbocycles. The van der Waals surface area contributed by atoms with E-state index in [1.165, 1.54) is 12.1 Å². The van der Waals surface area contributed by atoms with Gasteiger partial charge in [-0.3, -0.25) is 15.5 Å². The maximum atomic E-state index is 10.9. The van der Waals surface area contributed by atoms with Gasteiger partial charge in [-0.2, -0.15) is 5.10 Å². The van der Waals surface area contributed by atoms with Gasteiger partial charge in [0, 0.05) is 29.3 Å². The van der Waals surface area contributed by atoms with E-state index < -0.39 is 4.92 Å². The Hall–Kier alpha value is -3.61. The SMILES string of the molecule is C/C(=N\Nc1cc(-c2ccccc2)nc(C)n1)c1cccc([N+](=O)[O-])c1. The number of nitro benzene ring substituents is 1. The normalized spacial score (nSPS) is 11.2. The van der Waals surface area contributed by atoms with Crippen LogP contribution >= 0.6 is 0 Å². The van der Waals surface area contributed by atoms with Crippen molar-refractivity contribution in [1.82, 2.24) is 9.97 Å². The monoisotopic (exact) mass is 347 g/mol. The number of nitrogens with one attached hydrogen (secondary N) is 1. The van der Waals surface area contributed by atoms with E-state index in [1.807, 2.05) is 43.3 Å². The maximum Gasteiger partial charge on any atom is 0.270 e. The second kappa shape index (κ2) is 7.52. The lowest BCUT2D eigenvalue weighted by Gasteiger charge is -2.07. The molecule has 0 aliphatic rings. The second-order valence-corrected chi connectivity index (χ2v) is 5.67. The van der Waals surface area contributed by atoms with Crippen molar-refractivity contribution in [1.29, 1.82) is 0 Å². The highest BCUT2D eigenvalue weighted by Crippen LogP contribution is 2.20. The first-order valence-corrected chi connectivity index (χ1v) is 7.99. The minimum atomic E-state index is -0.426. The van der Waals surface area contributed by atoms with Gasteiger partial charge in [-0.1, -0.05) is 42.5 Å². The first-order valence-electron chi connectivity index (χ1n) is 7.99. The Kier molecular flexibility index (Phi) is 4.98. The van der Waals surface area contributed by atoms with Crippen LogP contribution in [0.3, 0.4) is 0 Å². The van der Waals surface area contributed by atoms with Crippen LogP contribution in [0.15, 0.2) is 65.8 Å². The van der Waals surface area contributed by atoms with E-state index in [0.29, 0.717) is 22.9 Å². The number of anilines is 1. The highest BCUT2D eigenvalue weighted by molar-refractivity contribution is 5.99. The Bertz CT molecular complexity index is 971. The predicted octanol–water partition coefficient (Wildman–Crippen LogP) is 4.20. The zero-order valence-corrected chi connectivity index (χ0v) is 14.4. The largest absolute Gasteiger partial charge is 0.270 e. The van der Waals surface area contributed by atoms with Crippen LogP contribution in [-0.4, -0.2) is 20.6 Å². The molecule has 0 aliphatic carbocycles. The van der Waals surface area contributed by atoms with E-state index in [0.717, 1.165) is 11.3 Å². The van der Waals surface area contributed by atoms with E-state index >= 15 is 0 Å². The summed E-state index contributed by atoms with van der Waals surface area (Å²) in [6.07, 6.45) is 0. The lowest BCUT2D eigenvalue weighted by molar-refractivity contribution is -0.384. The van der Waals surface area contributed by atoms with Gasteiger partial charge in [0.15, 0.2) is 0 Å². The summed E-state index contributed by atoms with van der Waals surface area (Å²) in [5.74, 6) is 1.18. The number of hydrazone groups is 1. The van der Waals surface area contributed by atoms with Crippen molar-refractivity contribution in [2.75, 3.05) is 5.43 Å². The lowest BCUT2D eigenvalue weighted by Crippen LogP contribution is -2.03. The van der Waals surface area contributed by atoms with Crippen molar-refractivity contribution in [2.24, 2.45) is 5.10 Å². The van der Waals surface area contributed by atoms with Gasteiger partial charge in [0.05, 0.1) is 16.3 Å². The first-order chi connectivity index (χ1) is 12.5. The van der Waals surface area contributed by atoms with Gasteiger partial charge in [-0.25, -0.2) is 9.97 Å². The third-order valence-electron chi connectivity index (χ3n) is 3.72. The summed E-state index contributed by atoms with van der Waals surface area (Å²) in [7, 11) is 0. The molecule has 0 bridgehead atoms. The summed E-state index contributed by atoms with van der Waals surface area (Å²) >= 11 is 0. The number of hydrogen-bond acceptors (Lipinski definition) is 6. The summed E-state index contributed by atoms with van der Waals surface area (Å²) in [5, 5.41) is 15.2. The topological polar surface area (TPSA) is 93.3 Å². The zero-order chi connectivity index (χ0) is 18.5. The van der Waals surface area contributed by atoms with Crippen molar-refractivity contribution in [2.45, 2.75) is 13.8 Å². The highest BCUT2D eigenvalue weighted by atomic mass is 16.6. The Labute approximate surface area is 150 Å². The molecule has 0 aliphatic heterocycles. The van der Waals surface area contributed by atoms with E-state index in [-0.39, 0.29) is 5.69 Å². The van der Waals surface area contributed by atoms with Gasteiger partial charge in [0.2, 0.25) is 0 Å². The number of rotatable bonds is 5. The van der Waals surface area contributed by atoms with Crippen molar-refractivity contribution in [3.8, 4) is 11.3 Å². The molecule has 0 atom stereocenters. The molecule has 0 saturated carbocycles. The number of nitro groups is 1.